The van der Waals surface area contributed by atoms with Crippen LogP contribution in [0.15, 0.2) is 72.8 Å². The van der Waals surface area contributed by atoms with Crippen LogP contribution in [0.1, 0.15) is 18.4 Å². The Kier molecular flexibility index (Phi) is 8.25. The molecule has 0 heterocycles. The number of benzene rings is 3. The fourth-order valence-corrected chi connectivity index (χ4v) is 3.04. The van der Waals surface area contributed by atoms with E-state index in [4.69, 9.17) is 30.9 Å². The zero-order chi connectivity index (χ0) is 24.3. The minimum Gasteiger partial charge on any atom is -0.463 e. The Morgan fingerprint density at radius 2 is 1.50 bits per heavy atom. The fourth-order valence-electron chi connectivity index (χ4n) is 3.04. The monoisotopic (exact) mass is 457 g/mol. The van der Waals surface area contributed by atoms with Crippen LogP contribution in [0.3, 0.4) is 0 Å². The maximum atomic E-state index is 11.9. The molecule has 34 heavy (non-hydrogen) atoms. The van der Waals surface area contributed by atoms with Crippen LogP contribution in [0.5, 0.6) is 11.5 Å². The quantitative estimate of drug-likeness (QED) is 0.121. The van der Waals surface area contributed by atoms with E-state index in [0.717, 1.165) is 16.7 Å². The van der Waals surface area contributed by atoms with Gasteiger partial charge in [-0.2, -0.15) is 0 Å². The lowest BCUT2D eigenvalue weighted by atomic mass is 10.0. The number of anilines is 2. The van der Waals surface area contributed by atoms with E-state index < -0.39 is 11.9 Å². The Bertz CT molecular complexity index is 1190. The second-order valence-corrected chi connectivity index (χ2v) is 7.25. The number of nitrogen functional groups attached to an aromatic ring is 2. The molecule has 8 heteroatoms. The first kappa shape index (κ1) is 23.9. The minimum atomic E-state index is -0.505. The maximum absolute atomic E-state index is 11.9. The maximum Gasteiger partial charge on any atom is 0.330 e. The third-order valence-electron chi connectivity index (χ3n) is 4.63. The second kappa shape index (κ2) is 11.7. The number of carbonyl (C=O) groups is 2. The van der Waals surface area contributed by atoms with Crippen LogP contribution in [-0.2, 0) is 14.3 Å². The van der Waals surface area contributed by atoms with Gasteiger partial charge >= 0.3 is 11.9 Å². The molecule has 0 unspecified atom stereocenters. The highest BCUT2D eigenvalue weighted by molar-refractivity contribution is 5.87. The zero-order valence-corrected chi connectivity index (χ0v) is 18.3. The van der Waals surface area contributed by atoms with Crippen LogP contribution < -0.4 is 20.9 Å². The van der Waals surface area contributed by atoms with Gasteiger partial charge in [-0.25, -0.2) is 4.79 Å². The first-order chi connectivity index (χ1) is 16.4. The predicted molar refractivity (Wildman–Crippen MR) is 128 cm³/mol. The average Bonchev–Trinajstić information content (AvgIpc) is 2.81. The molecule has 0 atom stereocenters. The van der Waals surface area contributed by atoms with Crippen molar-refractivity contribution in [2.45, 2.75) is 12.8 Å². The van der Waals surface area contributed by atoms with Gasteiger partial charge in [0.2, 0.25) is 0 Å². The molecule has 0 fully saturated rings. The molecule has 4 N–H and O–H groups in total. The number of rotatable bonds is 9. The fraction of sp³-hybridized carbons (Fsp3) is 0.115. The van der Waals surface area contributed by atoms with Crippen LogP contribution >= 0.6 is 0 Å². The molecule has 3 aromatic carbocycles. The van der Waals surface area contributed by atoms with Crippen molar-refractivity contribution in [1.82, 2.24) is 0 Å². The van der Waals surface area contributed by atoms with Crippen molar-refractivity contribution < 1.29 is 23.8 Å². The van der Waals surface area contributed by atoms with Crippen molar-refractivity contribution in [2.24, 2.45) is 0 Å². The van der Waals surface area contributed by atoms with Crippen molar-refractivity contribution in [3.05, 3.63) is 78.4 Å². The molecule has 0 aliphatic heterocycles. The van der Waals surface area contributed by atoms with Gasteiger partial charge in [0.25, 0.3) is 6.26 Å². The SMILES string of the molecule is N#COc1ccc(-c2ccc(/C=C/C(=O)OCCCC(=O)Oc3cc(N)cc(N)c3)cc2)cc1. The molecular weight excluding hydrogens is 434 g/mol. The molecule has 0 bridgehead atoms. The molecule has 0 radical (unpaired) electrons. The highest BCUT2D eigenvalue weighted by atomic mass is 16.5. The van der Waals surface area contributed by atoms with Gasteiger partial charge in [0.05, 0.1) is 6.61 Å². The first-order valence-electron chi connectivity index (χ1n) is 10.4. The molecule has 0 aromatic heterocycles. The molecular formula is C26H23N3O5. The summed E-state index contributed by atoms with van der Waals surface area (Å²) in [6.45, 7) is 0.0851. The Labute approximate surface area is 197 Å². The molecule has 3 aromatic rings. The van der Waals surface area contributed by atoms with Crippen molar-refractivity contribution in [1.29, 1.82) is 5.26 Å². The van der Waals surface area contributed by atoms with Gasteiger partial charge in [-0.15, -0.1) is 5.26 Å². The van der Waals surface area contributed by atoms with Gasteiger partial charge in [-0.1, -0.05) is 36.4 Å². The predicted octanol–water partition coefficient (Wildman–Crippen LogP) is 4.32. The summed E-state index contributed by atoms with van der Waals surface area (Å²) >= 11 is 0. The van der Waals surface area contributed by atoms with Crippen LogP contribution in [0.2, 0.25) is 0 Å². The van der Waals surface area contributed by atoms with Gasteiger partial charge in [0.1, 0.15) is 11.5 Å². The van der Waals surface area contributed by atoms with Gasteiger partial charge < -0.3 is 25.7 Å². The number of ether oxygens (including phenoxy) is 3. The van der Waals surface area contributed by atoms with Gasteiger partial charge in [0.15, 0.2) is 0 Å². The number of esters is 2. The number of hydrogen-bond donors (Lipinski definition) is 2. The van der Waals surface area contributed by atoms with E-state index in [1.54, 1.807) is 30.5 Å². The Morgan fingerprint density at radius 1 is 0.882 bits per heavy atom. The molecule has 0 aliphatic rings. The summed E-state index contributed by atoms with van der Waals surface area (Å²) in [6, 6.07) is 19.3. The summed E-state index contributed by atoms with van der Waals surface area (Å²) in [4.78, 5) is 23.8. The topological polar surface area (TPSA) is 138 Å². The van der Waals surface area contributed by atoms with Crippen LogP contribution in [0, 0.1) is 11.5 Å². The van der Waals surface area contributed by atoms with Gasteiger partial charge in [-0.05, 0) is 47.4 Å². The second-order valence-electron chi connectivity index (χ2n) is 7.25. The number of hydrogen-bond acceptors (Lipinski definition) is 8. The van der Waals surface area contributed by atoms with Crippen molar-refractivity contribution >= 4 is 29.4 Å². The highest BCUT2D eigenvalue weighted by Gasteiger charge is 2.07. The zero-order valence-electron chi connectivity index (χ0n) is 18.3. The first-order valence-corrected chi connectivity index (χ1v) is 10.4. The number of carbonyl (C=O) groups excluding carboxylic acids is 2. The van der Waals surface area contributed by atoms with Crippen molar-refractivity contribution in [3.63, 3.8) is 0 Å². The van der Waals surface area contributed by atoms with E-state index in [9.17, 15) is 9.59 Å². The molecule has 0 amide bonds. The van der Waals surface area contributed by atoms with E-state index >= 15 is 0 Å². The van der Waals surface area contributed by atoms with Crippen LogP contribution in [0.25, 0.3) is 17.2 Å². The highest BCUT2D eigenvalue weighted by Crippen LogP contribution is 2.23. The van der Waals surface area contributed by atoms with Crippen molar-refractivity contribution in [2.75, 3.05) is 18.1 Å². The van der Waals surface area contributed by atoms with Gasteiger partial charge in [0, 0.05) is 36.0 Å². The summed E-state index contributed by atoms with van der Waals surface area (Å²) in [6.07, 6.45) is 5.01. The summed E-state index contributed by atoms with van der Waals surface area (Å²) < 4.78 is 15.1. The third kappa shape index (κ3) is 7.43. The lowest BCUT2D eigenvalue weighted by Crippen LogP contribution is -2.10. The summed E-state index contributed by atoms with van der Waals surface area (Å²) in [7, 11) is 0. The molecule has 172 valence electrons. The smallest absolute Gasteiger partial charge is 0.330 e. The van der Waals surface area contributed by atoms with E-state index in [0.29, 0.717) is 23.5 Å². The van der Waals surface area contributed by atoms with E-state index in [2.05, 4.69) is 0 Å². The Balaban J connectivity index is 1.40. The standard InChI is InChI=1S/C26H23N3O5/c27-17-33-23-10-8-20(9-11-23)19-6-3-18(4-7-19)5-12-25(30)32-13-1-2-26(31)34-24-15-21(28)14-22(29)16-24/h3-12,14-16H,1-2,13,28-29H2/b12-5+. The average molecular weight is 457 g/mol. The summed E-state index contributed by atoms with van der Waals surface area (Å²) in [5.74, 6) is -0.218. The largest absolute Gasteiger partial charge is 0.463 e. The van der Waals surface area contributed by atoms with E-state index in [-0.39, 0.29) is 18.8 Å². The minimum absolute atomic E-state index is 0.0801. The van der Waals surface area contributed by atoms with E-state index in [1.807, 2.05) is 36.4 Å². The van der Waals surface area contributed by atoms with Crippen molar-refractivity contribution in [3.8, 4) is 28.9 Å². The molecule has 3 rings (SSSR count). The molecule has 0 saturated carbocycles. The van der Waals surface area contributed by atoms with Crippen LogP contribution in [0.4, 0.5) is 11.4 Å². The number of nitrogens with zero attached hydrogens (tertiary/aromatic N) is 1. The Morgan fingerprint density at radius 3 is 2.12 bits per heavy atom. The molecule has 0 saturated heterocycles. The lowest BCUT2D eigenvalue weighted by Gasteiger charge is -2.06. The summed E-state index contributed by atoms with van der Waals surface area (Å²) in [5.41, 5.74) is 14.9. The molecule has 8 nitrogen and oxygen atoms in total. The Hall–Kier alpha value is -4.77. The number of nitriles is 1. The molecule has 0 spiro atoms. The number of nitrogens with two attached hydrogens (primary N) is 2. The van der Waals surface area contributed by atoms with Gasteiger partial charge in [-0.3, -0.25) is 4.79 Å². The normalized spacial score (nSPS) is 10.4. The van der Waals surface area contributed by atoms with Crippen LogP contribution in [-0.4, -0.2) is 18.5 Å². The summed E-state index contributed by atoms with van der Waals surface area (Å²) in [5, 5.41) is 8.54. The third-order valence-corrected chi connectivity index (χ3v) is 4.63. The lowest BCUT2D eigenvalue weighted by molar-refractivity contribution is -0.140. The molecule has 0 aliphatic carbocycles. The van der Waals surface area contributed by atoms with E-state index in [1.165, 1.54) is 18.2 Å².